The van der Waals surface area contributed by atoms with Crippen molar-refractivity contribution >= 4 is 52.2 Å². The van der Waals surface area contributed by atoms with Gasteiger partial charge >= 0.3 is 0 Å². The summed E-state index contributed by atoms with van der Waals surface area (Å²) in [5, 5.41) is 0.729. The molecule has 1 fully saturated rings. The van der Waals surface area contributed by atoms with E-state index in [0.717, 1.165) is 27.8 Å². The number of ether oxygens (including phenoxy) is 1. The summed E-state index contributed by atoms with van der Waals surface area (Å²) in [6.07, 6.45) is 1.69. The molecule has 0 unspecified atom stereocenters. The molecule has 1 aliphatic heterocycles. The normalized spacial score (nSPS) is 16.0. The van der Waals surface area contributed by atoms with Crippen LogP contribution in [0.15, 0.2) is 47.4 Å². The molecule has 0 saturated carbocycles. The highest BCUT2D eigenvalue weighted by molar-refractivity contribution is 8.18. The van der Waals surface area contributed by atoms with E-state index in [2.05, 4.69) is 0 Å². The lowest BCUT2D eigenvalue weighted by Gasteiger charge is -2.07. The van der Waals surface area contributed by atoms with Crippen molar-refractivity contribution in [1.82, 2.24) is 4.90 Å². The van der Waals surface area contributed by atoms with Crippen LogP contribution in [0, 0.1) is 0 Å². The number of carbonyl (C=O) groups excluding carboxylic acids is 2. The second kappa shape index (κ2) is 7.52. The Bertz CT molecular complexity index is 865. The molecule has 128 valence electrons. The highest BCUT2D eigenvalue weighted by atomic mass is 35.5. The number of thioether (sulfide) groups is 1. The van der Waals surface area contributed by atoms with E-state index in [4.69, 9.17) is 27.9 Å². The monoisotopic (exact) mass is 393 g/mol. The summed E-state index contributed by atoms with van der Waals surface area (Å²) in [6, 6.07) is 12.6. The molecule has 2 aromatic carbocycles. The van der Waals surface area contributed by atoms with Crippen molar-refractivity contribution in [2.45, 2.75) is 6.61 Å². The Hall–Kier alpha value is -1.95. The molecule has 2 aromatic rings. The number of hydrogen-bond acceptors (Lipinski definition) is 4. The van der Waals surface area contributed by atoms with Gasteiger partial charge < -0.3 is 4.74 Å². The molecule has 1 heterocycles. The highest BCUT2D eigenvalue weighted by Gasteiger charge is 2.31. The van der Waals surface area contributed by atoms with Crippen molar-refractivity contribution in [3.8, 4) is 5.75 Å². The largest absolute Gasteiger partial charge is 0.489 e. The summed E-state index contributed by atoms with van der Waals surface area (Å²) in [5.41, 5.74) is 1.73. The van der Waals surface area contributed by atoms with E-state index in [1.807, 2.05) is 18.2 Å². The van der Waals surface area contributed by atoms with Crippen LogP contribution in [0.1, 0.15) is 11.1 Å². The van der Waals surface area contributed by atoms with Gasteiger partial charge in [0.05, 0.1) is 15.0 Å². The van der Waals surface area contributed by atoms with E-state index in [1.165, 1.54) is 7.05 Å². The van der Waals surface area contributed by atoms with E-state index in [-0.39, 0.29) is 11.1 Å². The predicted molar refractivity (Wildman–Crippen MR) is 101 cm³/mol. The Morgan fingerprint density at radius 3 is 2.40 bits per heavy atom. The maximum absolute atomic E-state index is 11.9. The van der Waals surface area contributed by atoms with Crippen LogP contribution in [0.2, 0.25) is 10.0 Å². The van der Waals surface area contributed by atoms with Crippen molar-refractivity contribution in [3.63, 3.8) is 0 Å². The Kier molecular flexibility index (Phi) is 5.37. The average molecular weight is 394 g/mol. The van der Waals surface area contributed by atoms with E-state index in [9.17, 15) is 9.59 Å². The van der Waals surface area contributed by atoms with Crippen molar-refractivity contribution < 1.29 is 14.3 Å². The molecule has 4 nitrogen and oxygen atoms in total. The molecule has 25 heavy (non-hydrogen) atoms. The molecule has 1 saturated heterocycles. The van der Waals surface area contributed by atoms with Crippen LogP contribution in [0.25, 0.3) is 6.08 Å². The summed E-state index contributed by atoms with van der Waals surface area (Å²) in [4.78, 5) is 24.9. The SMILES string of the molecule is CN1C(=O)S/C(=C\c2ccc(OCc3ccc(Cl)c(Cl)c3)cc2)C1=O. The minimum absolute atomic E-state index is 0.266. The Labute approximate surface area is 159 Å². The van der Waals surface area contributed by atoms with Crippen LogP contribution in [0.3, 0.4) is 0 Å². The first-order valence-electron chi connectivity index (χ1n) is 7.32. The quantitative estimate of drug-likeness (QED) is 0.666. The third-order valence-corrected chi connectivity index (χ3v) is 5.25. The Balaban J connectivity index is 1.65. The first-order valence-corrected chi connectivity index (χ1v) is 8.89. The highest BCUT2D eigenvalue weighted by Crippen LogP contribution is 2.31. The van der Waals surface area contributed by atoms with Gasteiger partial charge in [-0.05, 0) is 53.2 Å². The van der Waals surface area contributed by atoms with Crippen LogP contribution in [-0.4, -0.2) is 23.1 Å². The number of benzene rings is 2. The van der Waals surface area contributed by atoms with Crippen LogP contribution in [0.5, 0.6) is 5.75 Å². The molecule has 0 aromatic heterocycles. The number of hydrogen-bond donors (Lipinski definition) is 0. The number of halogens is 2. The van der Waals surface area contributed by atoms with Gasteiger partial charge in [-0.1, -0.05) is 41.4 Å². The smallest absolute Gasteiger partial charge is 0.293 e. The fourth-order valence-corrected chi connectivity index (χ4v) is 3.30. The molecule has 0 spiro atoms. The second-order valence-electron chi connectivity index (χ2n) is 5.35. The maximum atomic E-state index is 11.9. The van der Waals surface area contributed by atoms with E-state index in [1.54, 1.807) is 30.3 Å². The molecule has 0 bridgehead atoms. The van der Waals surface area contributed by atoms with Gasteiger partial charge in [0.25, 0.3) is 11.1 Å². The third kappa shape index (κ3) is 4.18. The average Bonchev–Trinajstić information content (AvgIpc) is 2.84. The zero-order valence-corrected chi connectivity index (χ0v) is 15.5. The van der Waals surface area contributed by atoms with Gasteiger partial charge in [-0.25, -0.2) is 0 Å². The molecule has 1 aliphatic rings. The van der Waals surface area contributed by atoms with Gasteiger partial charge in [-0.2, -0.15) is 0 Å². The predicted octanol–water partition coefficient (Wildman–Crippen LogP) is 5.24. The Morgan fingerprint density at radius 2 is 1.80 bits per heavy atom. The van der Waals surface area contributed by atoms with Crippen molar-refractivity contribution in [2.24, 2.45) is 0 Å². The van der Waals surface area contributed by atoms with Gasteiger partial charge in [0.15, 0.2) is 0 Å². The number of carbonyl (C=O) groups is 2. The number of nitrogens with zero attached hydrogens (tertiary/aromatic N) is 1. The Morgan fingerprint density at radius 1 is 1.08 bits per heavy atom. The molecule has 0 N–H and O–H groups in total. The molecular weight excluding hydrogens is 381 g/mol. The number of amides is 2. The van der Waals surface area contributed by atoms with Gasteiger partial charge in [0.1, 0.15) is 12.4 Å². The minimum Gasteiger partial charge on any atom is -0.489 e. The molecule has 2 amide bonds. The number of rotatable bonds is 4. The lowest BCUT2D eigenvalue weighted by molar-refractivity contribution is -0.121. The summed E-state index contributed by atoms with van der Waals surface area (Å²) >= 11 is 12.8. The fourth-order valence-electron chi connectivity index (χ4n) is 2.15. The van der Waals surface area contributed by atoms with Gasteiger partial charge in [-0.3, -0.25) is 14.5 Å². The maximum Gasteiger partial charge on any atom is 0.293 e. The van der Waals surface area contributed by atoms with Crippen LogP contribution >= 0.6 is 35.0 Å². The lowest BCUT2D eigenvalue weighted by atomic mass is 10.2. The first kappa shape index (κ1) is 17.9. The molecular formula is C18H13Cl2NO3S. The first-order chi connectivity index (χ1) is 11.9. The van der Waals surface area contributed by atoms with E-state index >= 15 is 0 Å². The van der Waals surface area contributed by atoms with Crippen molar-refractivity contribution in [1.29, 1.82) is 0 Å². The second-order valence-corrected chi connectivity index (χ2v) is 7.15. The molecule has 0 atom stereocenters. The lowest BCUT2D eigenvalue weighted by Crippen LogP contribution is -2.22. The summed E-state index contributed by atoms with van der Waals surface area (Å²) in [5.74, 6) is 0.404. The minimum atomic E-state index is -0.282. The molecule has 7 heteroatoms. The van der Waals surface area contributed by atoms with Crippen LogP contribution in [0.4, 0.5) is 4.79 Å². The topological polar surface area (TPSA) is 46.6 Å². The van der Waals surface area contributed by atoms with Crippen molar-refractivity contribution in [3.05, 3.63) is 68.5 Å². The zero-order valence-electron chi connectivity index (χ0n) is 13.2. The molecule has 0 aliphatic carbocycles. The van der Waals surface area contributed by atoms with Gasteiger partial charge in [0, 0.05) is 7.05 Å². The standard InChI is InChI=1S/C18H13Cl2NO3S/c1-21-17(22)16(25-18(21)23)9-11-2-5-13(6-3-11)24-10-12-4-7-14(19)15(20)8-12/h2-9H,10H2,1H3/b16-9-. The van der Waals surface area contributed by atoms with Gasteiger partial charge in [0.2, 0.25) is 0 Å². The van der Waals surface area contributed by atoms with Gasteiger partial charge in [-0.15, -0.1) is 0 Å². The summed E-state index contributed by atoms with van der Waals surface area (Å²) in [7, 11) is 1.47. The molecule has 3 rings (SSSR count). The van der Waals surface area contributed by atoms with Crippen molar-refractivity contribution in [2.75, 3.05) is 7.05 Å². The number of likely N-dealkylation sites (N-methyl/N-ethyl adjacent to an activating group) is 1. The third-order valence-electron chi connectivity index (χ3n) is 3.55. The van der Waals surface area contributed by atoms with E-state index in [0.29, 0.717) is 27.3 Å². The number of imide groups is 1. The van der Waals surface area contributed by atoms with Crippen LogP contribution in [-0.2, 0) is 11.4 Å². The summed E-state index contributed by atoms with van der Waals surface area (Å²) in [6.45, 7) is 0.366. The van der Waals surface area contributed by atoms with Crippen LogP contribution < -0.4 is 4.74 Å². The fraction of sp³-hybridized carbons (Fsp3) is 0.111. The zero-order chi connectivity index (χ0) is 18.0. The molecule has 0 radical (unpaired) electrons. The van der Waals surface area contributed by atoms with E-state index < -0.39 is 0 Å². The summed E-state index contributed by atoms with van der Waals surface area (Å²) < 4.78 is 5.71.